The molecule has 3 aromatic carbocycles. The molecule has 0 aliphatic heterocycles. The minimum absolute atomic E-state index is 0.417. The normalized spacial score (nSPS) is 11.5. The van der Waals surface area contributed by atoms with E-state index in [9.17, 15) is 5.21 Å². The number of hydrogen-bond donors (Lipinski definition) is 0. The van der Waals surface area contributed by atoms with Gasteiger partial charge >= 0.3 is 0 Å². The molecule has 0 spiro atoms. The van der Waals surface area contributed by atoms with Gasteiger partial charge in [0.1, 0.15) is 0 Å². The zero-order chi connectivity index (χ0) is 18.6. The molecule has 0 atom stereocenters. The summed E-state index contributed by atoms with van der Waals surface area (Å²) in [5.74, 6) is 0.952. The van der Waals surface area contributed by atoms with Gasteiger partial charge in [-0.2, -0.15) is 9.72 Å². The van der Waals surface area contributed by atoms with Gasteiger partial charge in [-0.05, 0) is 31.2 Å². The van der Waals surface area contributed by atoms with E-state index in [2.05, 4.69) is 10.1 Å². The molecule has 0 unspecified atom stereocenters. The third kappa shape index (κ3) is 3.77. The molecule has 132 valence electrons. The summed E-state index contributed by atoms with van der Waals surface area (Å²) >= 11 is 0. The van der Waals surface area contributed by atoms with Gasteiger partial charge < -0.3 is 9.73 Å². The third-order valence-corrected chi connectivity index (χ3v) is 4.17. The summed E-state index contributed by atoms with van der Waals surface area (Å²) in [6.45, 7) is 2.01. The molecule has 1 heterocycles. The SMILES string of the molecule is Cc1ccc(/C=[N+](\[O-])c2ccc(-c3nc(-c4ccccc4)no3)cc2)cc1. The third-order valence-electron chi connectivity index (χ3n) is 4.17. The molecule has 0 aliphatic carbocycles. The van der Waals surface area contributed by atoms with Crippen LogP contribution in [0.25, 0.3) is 22.8 Å². The van der Waals surface area contributed by atoms with Crippen LogP contribution in [-0.4, -0.2) is 21.1 Å². The lowest BCUT2D eigenvalue weighted by molar-refractivity contribution is -0.354. The molecule has 4 rings (SSSR count). The lowest BCUT2D eigenvalue weighted by Gasteiger charge is -2.03. The standard InChI is InChI=1S/C22H17N3O2/c1-16-7-9-17(10-8-16)15-25(26)20-13-11-19(12-14-20)22-23-21(24-27-22)18-5-3-2-4-6-18/h2-15H,1H3/b25-15-. The Morgan fingerprint density at radius 3 is 2.26 bits per heavy atom. The maximum atomic E-state index is 12.3. The second-order valence-corrected chi connectivity index (χ2v) is 6.20. The van der Waals surface area contributed by atoms with Crippen LogP contribution in [0.1, 0.15) is 11.1 Å². The minimum atomic E-state index is 0.417. The molecule has 0 saturated carbocycles. The summed E-state index contributed by atoms with van der Waals surface area (Å²) in [4.78, 5) is 4.42. The lowest BCUT2D eigenvalue weighted by atomic mass is 10.1. The summed E-state index contributed by atoms with van der Waals surface area (Å²) in [6.07, 6.45) is 1.55. The van der Waals surface area contributed by atoms with Crippen molar-refractivity contribution in [1.82, 2.24) is 10.1 Å². The van der Waals surface area contributed by atoms with Gasteiger partial charge in [0.25, 0.3) is 5.89 Å². The summed E-state index contributed by atoms with van der Waals surface area (Å²) in [7, 11) is 0. The van der Waals surface area contributed by atoms with Gasteiger partial charge in [0, 0.05) is 28.8 Å². The van der Waals surface area contributed by atoms with Crippen molar-refractivity contribution < 1.29 is 9.26 Å². The van der Waals surface area contributed by atoms with Crippen LogP contribution in [0.4, 0.5) is 5.69 Å². The second-order valence-electron chi connectivity index (χ2n) is 6.20. The van der Waals surface area contributed by atoms with Crippen LogP contribution in [0, 0.1) is 12.1 Å². The Balaban J connectivity index is 1.55. The zero-order valence-corrected chi connectivity index (χ0v) is 14.7. The van der Waals surface area contributed by atoms with Crippen LogP contribution in [0.2, 0.25) is 0 Å². The van der Waals surface area contributed by atoms with Crippen molar-refractivity contribution in [3.63, 3.8) is 0 Å². The van der Waals surface area contributed by atoms with Crippen LogP contribution >= 0.6 is 0 Å². The van der Waals surface area contributed by atoms with E-state index >= 15 is 0 Å². The van der Waals surface area contributed by atoms with Crippen molar-refractivity contribution in [2.24, 2.45) is 0 Å². The average molecular weight is 355 g/mol. The van der Waals surface area contributed by atoms with Crippen molar-refractivity contribution in [3.8, 4) is 22.8 Å². The minimum Gasteiger partial charge on any atom is -0.618 e. The van der Waals surface area contributed by atoms with E-state index in [1.54, 1.807) is 30.5 Å². The number of hydrogen-bond acceptors (Lipinski definition) is 4. The number of aryl methyl sites for hydroxylation is 1. The summed E-state index contributed by atoms with van der Waals surface area (Å²) in [5, 5.41) is 16.4. The van der Waals surface area contributed by atoms with Crippen LogP contribution in [0.3, 0.4) is 0 Å². The Kier molecular flexibility index (Phi) is 4.49. The number of benzene rings is 3. The molecule has 4 aromatic rings. The van der Waals surface area contributed by atoms with Crippen LogP contribution in [0.15, 0.2) is 83.4 Å². The Labute approximate surface area is 156 Å². The van der Waals surface area contributed by atoms with E-state index in [1.165, 1.54) is 0 Å². The van der Waals surface area contributed by atoms with Gasteiger partial charge in [-0.25, -0.2) is 0 Å². The van der Waals surface area contributed by atoms with Crippen molar-refractivity contribution in [2.45, 2.75) is 6.92 Å². The molecule has 27 heavy (non-hydrogen) atoms. The molecule has 0 bridgehead atoms. The molecular formula is C22H17N3O2. The maximum absolute atomic E-state index is 12.3. The van der Waals surface area contributed by atoms with Gasteiger partial charge in [-0.15, -0.1) is 0 Å². The van der Waals surface area contributed by atoms with Crippen molar-refractivity contribution in [3.05, 3.63) is 95.2 Å². The van der Waals surface area contributed by atoms with Crippen LogP contribution < -0.4 is 0 Å². The van der Waals surface area contributed by atoms with Gasteiger partial charge in [0.05, 0.1) is 0 Å². The molecule has 5 nitrogen and oxygen atoms in total. The topological polar surface area (TPSA) is 65.0 Å². The first-order valence-electron chi connectivity index (χ1n) is 8.56. The fraction of sp³-hybridized carbons (Fsp3) is 0.0455. The lowest BCUT2D eigenvalue weighted by Crippen LogP contribution is -1.98. The summed E-state index contributed by atoms with van der Waals surface area (Å²) < 4.78 is 6.20. The maximum Gasteiger partial charge on any atom is 0.258 e. The smallest absolute Gasteiger partial charge is 0.258 e. The van der Waals surface area contributed by atoms with Crippen LogP contribution in [-0.2, 0) is 0 Å². The molecule has 5 heteroatoms. The molecular weight excluding hydrogens is 338 g/mol. The Bertz CT molecular complexity index is 1070. The fourth-order valence-corrected chi connectivity index (χ4v) is 2.66. The van der Waals surface area contributed by atoms with Crippen molar-refractivity contribution in [1.29, 1.82) is 0 Å². The number of aromatic nitrogens is 2. The predicted octanol–water partition coefficient (Wildman–Crippen LogP) is 4.97. The first kappa shape index (κ1) is 16.7. The van der Waals surface area contributed by atoms with E-state index in [0.717, 1.165) is 27.0 Å². The summed E-state index contributed by atoms with van der Waals surface area (Å²) in [6, 6.07) is 24.5. The van der Waals surface area contributed by atoms with Gasteiger partial charge in [-0.1, -0.05) is 53.2 Å². The monoisotopic (exact) mass is 355 g/mol. The fourth-order valence-electron chi connectivity index (χ4n) is 2.66. The zero-order valence-electron chi connectivity index (χ0n) is 14.7. The highest BCUT2D eigenvalue weighted by Crippen LogP contribution is 2.24. The largest absolute Gasteiger partial charge is 0.618 e. The highest BCUT2D eigenvalue weighted by Gasteiger charge is 2.11. The first-order chi connectivity index (χ1) is 13.2. The van der Waals surface area contributed by atoms with Crippen LogP contribution in [0.5, 0.6) is 0 Å². The highest BCUT2D eigenvalue weighted by atomic mass is 16.5. The van der Waals surface area contributed by atoms with E-state index in [-0.39, 0.29) is 0 Å². The van der Waals surface area contributed by atoms with Gasteiger partial charge in [-0.3, -0.25) is 0 Å². The molecule has 1 aromatic heterocycles. The number of rotatable bonds is 4. The van der Waals surface area contributed by atoms with E-state index < -0.39 is 0 Å². The molecule has 0 amide bonds. The second kappa shape index (κ2) is 7.25. The van der Waals surface area contributed by atoms with Crippen molar-refractivity contribution in [2.75, 3.05) is 0 Å². The Hall–Kier alpha value is -3.73. The summed E-state index contributed by atoms with van der Waals surface area (Å²) in [5.41, 5.74) is 4.19. The molecule has 0 N–H and O–H groups in total. The van der Waals surface area contributed by atoms with Gasteiger partial charge in [0.2, 0.25) is 11.5 Å². The molecule has 0 radical (unpaired) electrons. The average Bonchev–Trinajstić information content (AvgIpc) is 3.21. The van der Waals surface area contributed by atoms with E-state index in [1.807, 2.05) is 61.5 Å². The Morgan fingerprint density at radius 2 is 1.56 bits per heavy atom. The first-order valence-corrected chi connectivity index (χ1v) is 8.56. The predicted molar refractivity (Wildman–Crippen MR) is 105 cm³/mol. The Morgan fingerprint density at radius 1 is 0.852 bits per heavy atom. The van der Waals surface area contributed by atoms with E-state index in [4.69, 9.17) is 4.52 Å². The number of nitrogens with zero attached hydrogens (tertiary/aromatic N) is 3. The molecule has 0 fully saturated rings. The molecule has 0 saturated heterocycles. The van der Waals surface area contributed by atoms with E-state index in [0.29, 0.717) is 17.4 Å². The quantitative estimate of drug-likeness (QED) is 0.224. The van der Waals surface area contributed by atoms with Crippen molar-refractivity contribution >= 4 is 11.9 Å². The molecule has 0 aliphatic rings. The highest BCUT2D eigenvalue weighted by molar-refractivity contribution is 5.76. The van der Waals surface area contributed by atoms with Gasteiger partial charge in [0.15, 0.2) is 6.21 Å².